The molecule has 9 heteroatoms. The lowest BCUT2D eigenvalue weighted by atomic mass is 10.2. The van der Waals surface area contributed by atoms with Gasteiger partial charge < -0.3 is 15.1 Å². The van der Waals surface area contributed by atoms with Crippen molar-refractivity contribution in [3.05, 3.63) is 54.0 Å². The third kappa shape index (κ3) is 5.08. The van der Waals surface area contributed by atoms with E-state index in [9.17, 15) is 18.4 Å². The summed E-state index contributed by atoms with van der Waals surface area (Å²) in [5.74, 6) is -0.974. The molecule has 1 fully saturated rings. The van der Waals surface area contributed by atoms with Crippen molar-refractivity contribution in [1.29, 1.82) is 0 Å². The molecule has 0 saturated carbocycles. The number of thioether (sulfide) groups is 1. The molecular formula is C18H19F2N3O3S. The van der Waals surface area contributed by atoms with Crippen molar-refractivity contribution < 1.29 is 22.8 Å². The molecule has 1 atom stereocenters. The lowest BCUT2D eigenvalue weighted by molar-refractivity contribution is -0.136. The van der Waals surface area contributed by atoms with Crippen molar-refractivity contribution in [2.75, 3.05) is 36.5 Å². The van der Waals surface area contributed by atoms with Gasteiger partial charge in [0.25, 0.3) is 0 Å². The van der Waals surface area contributed by atoms with Crippen LogP contribution in [0.5, 0.6) is 0 Å². The first-order valence-electron chi connectivity index (χ1n) is 8.44. The van der Waals surface area contributed by atoms with E-state index in [4.69, 9.17) is 4.42 Å². The van der Waals surface area contributed by atoms with E-state index in [0.717, 1.165) is 36.7 Å². The van der Waals surface area contributed by atoms with Crippen molar-refractivity contribution in [1.82, 2.24) is 10.2 Å². The van der Waals surface area contributed by atoms with E-state index < -0.39 is 23.4 Å². The zero-order valence-corrected chi connectivity index (χ0v) is 15.2. The van der Waals surface area contributed by atoms with Crippen molar-refractivity contribution in [3.63, 3.8) is 0 Å². The second kappa shape index (κ2) is 9.01. The molecule has 1 saturated heterocycles. The van der Waals surface area contributed by atoms with Gasteiger partial charge in [-0.05, 0) is 24.3 Å². The Kier molecular flexibility index (Phi) is 6.46. The van der Waals surface area contributed by atoms with Crippen molar-refractivity contribution >= 4 is 29.3 Å². The highest BCUT2D eigenvalue weighted by molar-refractivity contribution is 7.99. The smallest absolute Gasteiger partial charge is 0.313 e. The standard InChI is InChI=1S/C18H19F2N3O3S/c19-12-3-4-14(13(20)10-12)22-18(25)17(24)21-11-15(16-2-1-7-26-16)23-5-8-27-9-6-23/h1-4,7,10,15H,5-6,8-9,11H2,(H,21,24)(H,22,25)/t15-/m0/s1. The average Bonchev–Trinajstić information content (AvgIpc) is 3.19. The van der Waals surface area contributed by atoms with Crippen LogP contribution in [-0.4, -0.2) is 47.9 Å². The second-order valence-corrected chi connectivity index (χ2v) is 7.19. The minimum atomic E-state index is -1.02. The molecule has 6 nitrogen and oxygen atoms in total. The Morgan fingerprint density at radius 2 is 1.96 bits per heavy atom. The van der Waals surface area contributed by atoms with Crippen LogP contribution >= 0.6 is 11.8 Å². The number of hydrogen-bond donors (Lipinski definition) is 2. The Balaban J connectivity index is 1.60. The van der Waals surface area contributed by atoms with Gasteiger partial charge in [-0.15, -0.1) is 0 Å². The van der Waals surface area contributed by atoms with Gasteiger partial charge in [0, 0.05) is 37.2 Å². The number of amides is 2. The van der Waals surface area contributed by atoms with Crippen LogP contribution in [0.15, 0.2) is 41.0 Å². The van der Waals surface area contributed by atoms with Crippen LogP contribution < -0.4 is 10.6 Å². The van der Waals surface area contributed by atoms with Crippen LogP contribution in [0.3, 0.4) is 0 Å². The van der Waals surface area contributed by atoms with E-state index in [1.807, 2.05) is 17.8 Å². The van der Waals surface area contributed by atoms with Gasteiger partial charge in [0.15, 0.2) is 0 Å². The van der Waals surface area contributed by atoms with Gasteiger partial charge in [-0.25, -0.2) is 8.78 Å². The van der Waals surface area contributed by atoms with Crippen molar-refractivity contribution in [3.8, 4) is 0 Å². The van der Waals surface area contributed by atoms with E-state index in [0.29, 0.717) is 11.8 Å². The summed E-state index contributed by atoms with van der Waals surface area (Å²) in [5, 5.41) is 4.71. The Bertz CT molecular complexity index is 795. The van der Waals surface area contributed by atoms with E-state index >= 15 is 0 Å². The molecule has 2 N–H and O–H groups in total. The molecule has 2 aromatic rings. The van der Waals surface area contributed by atoms with Crippen molar-refractivity contribution in [2.45, 2.75) is 6.04 Å². The predicted molar refractivity (Wildman–Crippen MR) is 98.3 cm³/mol. The number of anilines is 1. The molecule has 0 aliphatic carbocycles. The number of halogens is 2. The van der Waals surface area contributed by atoms with Crippen LogP contribution in [-0.2, 0) is 9.59 Å². The molecule has 0 spiro atoms. The lowest BCUT2D eigenvalue weighted by Crippen LogP contribution is -2.44. The summed E-state index contributed by atoms with van der Waals surface area (Å²) >= 11 is 1.86. The summed E-state index contributed by atoms with van der Waals surface area (Å²) in [6.07, 6.45) is 1.56. The van der Waals surface area contributed by atoms with Gasteiger partial charge in [0.1, 0.15) is 17.4 Å². The molecule has 2 heterocycles. The molecule has 0 bridgehead atoms. The minimum Gasteiger partial charge on any atom is -0.468 e. The maximum Gasteiger partial charge on any atom is 0.313 e. The first-order valence-corrected chi connectivity index (χ1v) is 9.59. The van der Waals surface area contributed by atoms with E-state index in [1.165, 1.54) is 0 Å². The zero-order valence-electron chi connectivity index (χ0n) is 14.4. The number of furan rings is 1. The molecule has 3 rings (SSSR count). The summed E-state index contributed by atoms with van der Waals surface area (Å²) in [5.41, 5.74) is -0.257. The average molecular weight is 395 g/mol. The number of rotatable bonds is 5. The molecule has 1 aromatic carbocycles. The topological polar surface area (TPSA) is 74.6 Å². The number of carbonyl (C=O) groups excluding carboxylic acids is 2. The summed E-state index contributed by atoms with van der Waals surface area (Å²) in [4.78, 5) is 26.3. The molecule has 0 unspecified atom stereocenters. The van der Waals surface area contributed by atoms with Gasteiger partial charge in [0.05, 0.1) is 18.0 Å². The van der Waals surface area contributed by atoms with Gasteiger partial charge in [0.2, 0.25) is 0 Å². The SMILES string of the molecule is O=C(NC[C@@H](c1ccco1)N1CCSCC1)C(=O)Nc1ccc(F)cc1F. The highest BCUT2D eigenvalue weighted by atomic mass is 32.2. The van der Waals surface area contributed by atoms with Crippen LogP contribution in [0, 0.1) is 11.6 Å². The maximum atomic E-state index is 13.6. The van der Waals surface area contributed by atoms with Gasteiger partial charge in [-0.1, -0.05) is 0 Å². The number of benzene rings is 1. The third-order valence-corrected chi connectivity index (χ3v) is 5.14. The molecule has 0 radical (unpaired) electrons. The summed E-state index contributed by atoms with van der Waals surface area (Å²) < 4.78 is 32.0. The Labute approximate surface area is 159 Å². The minimum absolute atomic E-state index is 0.177. The summed E-state index contributed by atoms with van der Waals surface area (Å²) in [6.45, 7) is 1.87. The Morgan fingerprint density at radius 1 is 1.19 bits per heavy atom. The molecule has 27 heavy (non-hydrogen) atoms. The molecule has 1 aliphatic heterocycles. The first-order chi connectivity index (χ1) is 13.0. The fourth-order valence-electron chi connectivity index (χ4n) is 2.82. The maximum absolute atomic E-state index is 13.6. The largest absolute Gasteiger partial charge is 0.468 e. The van der Waals surface area contributed by atoms with E-state index in [-0.39, 0.29) is 18.3 Å². The molecular weight excluding hydrogens is 376 g/mol. The fourth-order valence-corrected chi connectivity index (χ4v) is 3.75. The zero-order chi connectivity index (χ0) is 19.2. The normalized spacial score (nSPS) is 15.9. The number of nitrogens with zero attached hydrogens (tertiary/aromatic N) is 1. The second-order valence-electron chi connectivity index (χ2n) is 5.97. The third-order valence-electron chi connectivity index (χ3n) is 4.20. The van der Waals surface area contributed by atoms with Crippen molar-refractivity contribution in [2.24, 2.45) is 0 Å². The van der Waals surface area contributed by atoms with Gasteiger partial charge >= 0.3 is 11.8 Å². The van der Waals surface area contributed by atoms with Crippen LogP contribution in [0.1, 0.15) is 11.8 Å². The lowest BCUT2D eigenvalue weighted by Gasteiger charge is -2.33. The van der Waals surface area contributed by atoms with Gasteiger partial charge in [-0.3, -0.25) is 14.5 Å². The van der Waals surface area contributed by atoms with Gasteiger partial charge in [-0.2, -0.15) is 11.8 Å². The summed E-state index contributed by atoms with van der Waals surface area (Å²) in [6, 6.07) is 6.10. The number of carbonyl (C=O) groups is 2. The number of nitrogens with one attached hydrogen (secondary N) is 2. The van der Waals surface area contributed by atoms with E-state index in [2.05, 4.69) is 15.5 Å². The molecule has 2 amide bonds. The molecule has 1 aromatic heterocycles. The first kappa shape index (κ1) is 19.4. The number of hydrogen-bond acceptors (Lipinski definition) is 5. The highest BCUT2D eigenvalue weighted by Gasteiger charge is 2.26. The fraction of sp³-hybridized carbons (Fsp3) is 0.333. The predicted octanol–water partition coefficient (Wildman–Crippen LogP) is 2.40. The van der Waals surface area contributed by atoms with Crippen LogP contribution in [0.25, 0.3) is 0 Å². The molecule has 144 valence electrons. The van der Waals surface area contributed by atoms with Crippen LogP contribution in [0.2, 0.25) is 0 Å². The molecule has 1 aliphatic rings. The Morgan fingerprint density at radius 3 is 2.63 bits per heavy atom. The van der Waals surface area contributed by atoms with Crippen LogP contribution in [0.4, 0.5) is 14.5 Å². The monoisotopic (exact) mass is 395 g/mol. The quantitative estimate of drug-likeness (QED) is 0.761. The Hall–Kier alpha value is -2.39. The summed E-state index contributed by atoms with van der Waals surface area (Å²) in [7, 11) is 0. The highest BCUT2D eigenvalue weighted by Crippen LogP contribution is 2.24. The van der Waals surface area contributed by atoms with E-state index in [1.54, 1.807) is 12.3 Å².